The largest absolute Gasteiger partial charge is 0.457 e. The van der Waals surface area contributed by atoms with Gasteiger partial charge in [0.2, 0.25) is 0 Å². The van der Waals surface area contributed by atoms with E-state index in [-0.39, 0.29) is 0 Å². The third-order valence-corrected chi connectivity index (χ3v) is 3.68. The van der Waals surface area contributed by atoms with E-state index >= 15 is 0 Å². The molecule has 0 unspecified atom stereocenters. The number of hydrogen-bond donors (Lipinski definition) is 0. The fourth-order valence-electron chi connectivity index (χ4n) is 2.60. The van der Waals surface area contributed by atoms with Gasteiger partial charge in [0.25, 0.3) is 0 Å². The normalized spacial score (nSPS) is 9.83. The molecule has 0 bridgehead atoms. The summed E-state index contributed by atoms with van der Waals surface area (Å²) in [5, 5.41) is 4.83. The van der Waals surface area contributed by atoms with Gasteiger partial charge in [0.05, 0.1) is 0 Å². The molecule has 0 aliphatic rings. The van der Waals surface area contributed by atoms with E-state index in [2.05, 4.69) is 55.1 Å². The minimum atomic E-state index is 0.865. The van der Waals surface area contributed by atoms with Crippen molar-refractivity contribution in [2.45, 2.75) is 0 Å². The van der Waals surface area contributed by atoms with Gasteiger partial charge >= 0.3 is 0 Å². The molecule has 0 aliphatic carbocycles. The highest BCUT2D eigenvalue weighted by atomic mass is 16.5. The summed E-state index contributed by atoms with van der Waals surface area (Å²) in [6.07, 6.45) is 0. The molecule has 0 spiro atoms. The predicted molar refractivity (Wildman–Crippen MR) is 99.3 cm³/mol. The molecule has 0 aromatic heterocycles. The molecule has 0 aliphatic heterocycles. The first kappa shape index (κ1) is 15.5. The number of carbonyl (C=O) groups excluding carboxylic acids is 1. The summed E-state index contributed by atoms with van der Waals surface area (Å²) in [5.41, 5.74) is 0. The van der Waals surface area contributed by atoms with E-state index in [4.69, 9.17) is 9.53 Å². The van der Waals surface area contributed by atoms with Crippen molar-refractivity contribution in [3.63, 3.8) is 0 Å². The average molecular weight is 312 g/mol. The lowest BCUT2D eigenvalue weighted by Crippen LogP contribution is -1.84. The van der Waals surface area contributed by atoms with Crippen LogP contribution in [-0.4, -0.2) is 5.94 Å². The number of ether oxygens (including phenoxy) is 1. The van der Waals surface area contributed by atoms with E-state index in [0.717, 1.165) is 11.5 Å². The zero-order valence-corrected chi connectivity index (χ0v) is 13.1. The standard InChI is InChI=1S/C20H14O.C2H2O/c1-3-7-17-13-19(11-9-15(17)5-1)21-20-12-10-16-6-2-4-8-18(16)14-20;1-2-3/h1-14H;1H2. The molecule has 4 aromatic carbocycles. The van der Waals surface area contributed by atoms with E-state index in [9.17, 15) is 0 Å². The van der Waals surface area contributed by atoms with Gasteiger partial charge < -0.3 is 4.74 Å². The van der Waals surface area contributed by atoms with Crippen LogP contribution < -0.4 is 4.74 Å². The summed E-state index contributed by atoms with van der Waals surface area (Å²) in [5.74, 6) is 2.98. The Kier molecular flexibility index (Phi) is 4.71. The lowest BCUT2D eigenvalue weighted by molar-refractivity contribution is 0.484. The number of rotatable bonds is 2. The molecule has 4 rings (SSSR count). The minimum absolute atomic E-state index is 0.865. The van der Waals surface area contributed by atoms with Gasteiger partial charge in [0.1, 0.15) is 17.4 Å². The highest BCUT2D eigenvalue weighted by Gasteiger charge is 2.01. The lowest BCUT2D eigenvalue weighted by Gasteiger charge is -2.08. The van der Waals surface area contributed by atoms with E-state index in [0.29, 0.717) is 0 Å². The Morgan fingerprint density at radius 3 is 1.42 bits per heavy atom. The summed E-state index contributed by atoms with van der Waals surface area (Å²) >= 11 is 0. The molecule has 0 fully saturated rings. The van der Waals surface area contributed by atoms with E-state index in [1.807, 2.05) is 36.4 Å². The fraction of sp³-hybridized carbons (Fsp3) is 0. The van der Waals surface area contributed by atoms with Crippen molar-refractivity contribution in [1.82, 2.24) is 0 Å². The van der Waals surface area contributed by atoms with Crippen molar-refractivity contribution >= 4 is 27.5 Å². The van der Waals surface area contributed by atoms with Gasteiger partial charge in [-0.25, -0.2) is 4.79 Å². The quantitative estimate of drug-likeness (QED) is 0.438. The van der Waals surface area contributed by atoms with Crippen LogP contribution in [0.1, 0.15) is 0 Å². The molecule has 116 valence electrons. The van der Waals surface area contributed by atoms with Crippen molar-refractivity contribution in [1.29, 1.82) is 0 Å². The monoisotopic (exact) mass is 312 g/mol. The average Bonchev–Trinajstić information content (AvgIpc) is 2.62. The number of benzene rings is 4. The molecule has 0 heterocycles. The van der Waals surface area contributed by atoms with Crippen LogP contribution in [0.15, 0.2) is 91.5 Å². The Morgan fingerprint density at radius 1 is 0.625 bits per heavy atom. The second-order valence-corrected chi connectivity index (χ2v) is 5.26. The first-order valence-corrected chi connectivity index (χ1v) is 7.60. The first-order valence-electron chi connectivity index (χ1n) is 7.60. The highest BCUT2D eigenvalue weighted by molar-refractivity contribution is 5.85. The summed E-state index contributed by atoms with van der Waals surface area (Å²) in [4.78, 5) is 8.57. The van der Waals surface area contributed by atoms with Crippen LogP contribution in [0.3, 0.4) is 0 Å². The second kappa shape index (κ2) is 7.28. The van der Waals surface area contributed by atoms with Gasteiger partial charge in [0.15, 0.2) is 0 Å². The minimum Gasteiger partial charge on any atom is -0.457 e. The Hall–Kier alpha value is -3.35. The van der Waals surface area contributed by atoms with Crippen LogP contribution in [0, 0.1) is 0 Å². The Labute approximate surface area is 140 Å². The van der Waals surface area contributed by atoms with Crippen molar-refractivity contribution in [3.05, 3.63) is 91.5 Å². The lowest BCUT2D eigenvalue weighted by atomic mass is 10.1. The molecular weight excluding hydrogens is 296 g/mol. The predicted octanol–water partition coefficient (Wildman–Crippen LogP) is 5.79. The van der Waals surface area contributed by atoms with Crippen molar-refractivity contribution in [3.8, 4) is 11.5 Å². The second-order valence-electron chi connectivity index (χ2n) is 5.26. The third-order valence-electron chi connectivity index (χ3n) is 3.68. The van der Waals surface area contributed by atoms with Gasteiger partial charge in [-0.3, -0.25) is 0 Å². The van der Waals surface area contributed by atoms with Crippen molar-refractivity contribution in [2.75, 3.05) is 0 Å². The van der Waals surface area contributed by atoms with E-state index in [1.165, 1.54) is 27.5 Å². The Bertz CT molecular complexity index is 935. The first-order chi connectivity index (χ1) is 11.8. The molecule has 0 atom stereocenters. The topological polar surface area (TPSA) is 26.3 Å². The Morgan fingerprint density at radius 2 is 1.00 bits per heavy atom. The van der Waals surface area contributed by atoms with E-state index < -0.39 is 0 Å². The van der Waals surface area contributed by atoms with Crippen LogP contribution in [-0.2, 0) is 4.79 Å². The molecule has 2 heteroatoms. The van der Waals surface area contributed by atoms with Crippen LogP contribution in [0.4, 0.5) is 0 Å². The van der Waals surface area contributed by atoms with Gasteiger partial charge in [-0.15, -0.1) is 0 Å². The summed E-state index contributed by atoms with van der Waals surface area (Å²) < 4.78 is 5.99. The van der Waals surface area contributed by atoms with Crippen LogP contribution >= 0.6 is 0 Å². The molecule has 0 saturated carbocycles. The van der Waals surface area contributed by atoms with Crippen LogP contribution in [0.5, 0.6) is 11.5 Å². The smallest absolute Gasteiger partial charge is 0.128 e. The molecule has 2 nitrogen and oxygen atoms in total. The fourth-order valence-corrected chi connectivity index (χ4v) is 2.60. The molecule has 4 aromatic rings. The maximum atomic E-state index is 8.57. The summed E-state index contributed by atoms with van der Waals surface area (Å²) in [6.45, 7) is 2.68. The molecule has 0 N–H and O–H groups in total. The summed E-state index contributed by atoms with van der Waals surface area (Å²) in [6, 6.07) is 28.9. The van der Waals surface area contributed by atoms with Crippen molar-refractivity contribution in [2.24, 2.45) is 0 Å². The molecule has 0 radical (unpaired) electrons. The van der Waals surface area contributed by atoms with Gasteiger partial charge in [-0.05, 0) is 52.4 Å². The van der Waals surface area contributed by atoms with Gasteiger partial charge in [-0.2, -0.15) is 0 Å². The third kappa shape index (κ3) is 3.52. The van der Waals surface area contributed by atoms with Gasteiger partial charge in [-0.1, -0.05) is 60.7 Å². The molecular formula is C22H16O2. The highest BCUT2D eigenvalue weighted by Crippen LogP contribution is 2.28. The van der Waals surface area contributed by atoms with Crippen LogP contribution in [0.25, 0.3) is 21.5 Å². The summed E-state index contributed by atoms with van der Waals surface area (Å²) in [7, 11) is 0. The number of fused-ring (bicyclic) bond motifs is 2. The van der Waals surface area contributed by atoms with E-state index in [1.54, 1.807) is 0 Å². The zero-order valence-electron chi connectivity index (χ0n) is 13.1. The SMILES string of the molecule is C=C=O.c1ccc2cc(Oc3ccc4ccccc4c3)ccc2c1. The number of hydrogen-bond acceptors (Lipinski definition) is 2. The molecule has 0 amide bonds. The van der Waals surface area contributed by atoms with Gasteiger partial charge in [0, 0.05) is 0 Å². The molecule has 24 heavy (non-hydrogen) atoms. The maximum absolute atomic E-state index is 8.57. The zero-order chi connectivity index (χ0) is 16.8. The Balaban J connectivity index is 0.000000526. The maximum Gasteiger partial charge on any atom is 0.128 e. The van der Waals surface area contributed by atoms with Crippen LogP contribution in [0.2, 0.25) is 0 Å². The molecule has 0 saturated heterocycles. The van der Waals surface area contributed by atoms with Crippen molar-refractivity contribution < 1.29 is 9.53 Å².